The first-order valence-electron chi connectivity index (χ1n) is 7.22. The first-order chi connectivity index (χ1) is 12.0. The number of hydrogen-bond donors (Lipinski definition) is 1. The third-order valence-corrected chi connectivity index (χ3v) is 4.78. The van der Waals surface area contributed by atoms with Gasteiger partial charge in [-0.25, -0.2) is 13.1 Å². The zero-order valence-electron chi connectivity index (χ0n) is 12.9. The molecule has 0 spiro atoms. The van der Waals surface area contributed by atoms with E-state index in [1.807, 2.05) is 22.9 Å². The van der Waals surface area contributed by atoms with Crippen LogP contribution in [0.5, 0.6) is 0 Å². The van der Waals surface area contributed by atoms with Gasteiger partial charge in [0.15, 0.2) is 0 Å². The molecule has 0 aliphatic heterocycles. The Bertz CT molecular complexity index is 1100. The van der Waals surface area contributed by atoms with E-state index >= 15 is 0 Å². The molecule has 0 unspecified atom stereocenters. The summed E-state index contributed by atoms with van der Waals surface area (Å²) >= 11 is 0. The van der Waals surface area contributed by atoms with E-state index in [9.17, 15) is 13.2 Å². The summed E-state index contributed by atoms with van der Waals surface area (Å²) in [5.41, 5.74) is 1.46. The first kappa shape index (κ1) is 16.5. The fraction of sp³-hybridized carbons (Fsp3) is 0.0588. The van der Waals surface area contributed by atoms with E-state index in [0.717, 1.165) is 23.2 Å². The van der Waals surface area contributed by atoms with Crippen molar-refractivity contribution in [3.8, 4) is 6.07 Å². The Labute approximate surface area is 144 Å². The number of amides is 1. The lowest BCUT2D eigenvalue weighted by Crippen LogP contribution is -2.31. The number of nitriles is 1. The van der Waals surface area contributed by atoms with Crippen molar-refractivity contribution in [3.05, 3.63) is 66.1 Å². The average Bonchev–Trinajstić information content (AvgIpc) is 2.61. The quantitative estimate of drug-likeness (QED) is 0.762. The van der Waals surface area contributed by atoms with Crippen LogP contribution < -0.4 is 4.72 Å². The molecular formula is C17H12N4O3S. The molecule has 8 heteroatoms. The number of nitrogens with zero attached hydrogens (tertiary/aromatic N) is 3. The van der Waals surface area contributed by atoms with E-state index in [1.54, 1.807) is 24.4 Å². The molecule has 1 N–H and O–H groups in total. The molecule has 0 bridgehead atoms. The van der Waals surface area contributed by atoms with Gasteiger partial charge in [0.1, 0.15) is 11.0 Å². The first-order valence-corrected chi connectivity index (χ1v) is 8.71. The summed E-state index contributed by atoms with van der Waals surface area (Å²) in [4.78, 5) is 19.7. The predicted molar refractivity (Wildman–Crippen MR) is 89.7 cm³/mol. The van der Waals surface area contributed by atoms with E-state index < -0.39 is 15.9 Å². The van der Waals surface area contributed by atoms with Gasteiger partial charge in [-0.15, -0.1) is 0 Å². The number of fused-ring (bicyclic) bond motifs is 1. The van der Waals surface area contributed by atoms with Gasteiger partial charge in [0, 0.05) is 24.0 Å². The minimum Gasteiger partial charge on any atom is -0.274 e. The summed E-state index contributed by atoms with van der Waals surface area (Å²) in [5, 5.41) is 9.74. The molecule has 0 aliphatic carbocycles. The molecule has 3 rings (SSSR count). The van der Waals surface area contributed by atoms with E-state index in [1.165, 1.54) is 6.20 Å². The molecule has 0 aliphatic rings. The number of carbonyl (C=O) groups excluding carboxylic acids is 1. The maximum atomic E-state index is 12.2. The fourth-order valence-corrected chi connectivity index (χ4v) is 3.25. The van der Waals surface area contributed by atoms with Gasteiger partial charge >= 0.3 is 0 Å². The molecule has 124 valence electrons. The molecule has 0 atom stereocenters. The summed E-state index contributed by atoms with van der Waals surface area (Å²) in [6.45, 7) is 0. The molecule has 25 heavy (non-hydrogen) atoms. The number of rotatable bonds is 4. The van der Waals surface area contributed by atoms with Crippen molar-refractivity contribution in [2.75, 3.05) is 0 Å². The molecule has 0 fully saturated rings. The Balaban J connectivity index is 1.77. The normalized spacial score (nSPS) is 11.0. The van der Waals surface area contributed by atoms with Gasteiger partial charge < -0.3 is 0 Å². The molecule has 1 aromatic carbocycles. The largest absolute Gasteiger partial charge is 0.274 e. The lowest BCUT2D eigenvalue weighted by Gasteiger charge is -2.07. The van der Waals surface area contributed by atoms with Crippen molar-refractivity contribution >= 4 is 26.8 Å². The predicted octanol–water partition coefficient (Wildman–Crippen LogP) is 1.55. The topological polar surface area (TPSA) is 113 Å². The Kier molecular flexibility index (Phi) is 4.41. The van der Waals surface area contributed by atoms with Crippen LogP contribution >= 0.6 is 0 Å². The highest BCUT2D eigenvalue weighted by molar-refractivity contribution is 7.90. The maximum Gasteiger partial charge on any atom is 0.265 e. The molecule has 2 aromatic heterocycles. The van der Waals surface area contributed by atoms with Crippen LogP contribution in [-0.4, -0.2) is 24.3 Å². The summed E-state index contributed by atoms with van der Waals surface area (Å²) in [6, 6.07) is 12.0. The highest BCUT2D eigenvalue weighted by Crippen LogP contribution is 2.14. The summed E-state index contributed by atoms with van der Waals surface area (Å²) in [7, 11) is -4.08. The number of carbonyl (C=O) groups is 1. The van der Waals surface area contributed by atoms with Crippen molar-refractivity contribution in [2.24, 2.45) is 0 Å². The smallest absolute Gasteiger partial charge is 0.265 e. The van der Waals surface area contributed by atoms with Gasteiger partial charge in [-0.1, -0.05) is 18.2 Å². The van der Waals surface area contributed by atoms with Gasteiger partial charge in [0.2, 0.25) is 5.91 Å². The van der Waals surface area contributed by atoms with Crippen LogP contribution in [0.3, 0.4) is 0 Å². The second kappa shape index (κ2) is 6.67. The molecule has 2 heterocycles. The number of benzene rings is 1. The number of pyridine rings is 2. The van der Waals surface area contributed by atoms with Crippen LogP contribution in [0.2, 0.25) is 0 Å². The second-order valence-corrected chi connectivity index (χ2v) is 6.94. The molecule has 1 amide bonds. The van der Waals surface area contributed by atoms with E-state index in [2.05, 4.69) is 9.97 Å². The zero-order valence-corrected chi connectivity index (χ0v) is 13.7. The Morgan fingerprint density at radius 2 is 2.04 bits per heavy atom. The van der Waals surface area contributed by atoms with Crippen LogP contribution in [0.1, 0.15) is 11.1 Å². The molecule has 7 nitrogen and oxygen atoms in total. The van der Waals surface area contributed by atoms with Crippen LogP contribution in [-0.2, 0) is 21.2 Å². The Morgan fingerprint density at radius 1 is 1.20 bits per heavy atom. The lowest BCUT2D eigenvalue weighted by atomic mass is 10.1. The summed E-state index contributed by atoms with van der Waals surface area (Å²) in [5.74, 6) is -0.683. The highest BCUT2D eigenvalue weighted by Gasteiger charge is 2.19. The minimum absolute atomic E-state index is 0.0935. The standard InChI is InChI=1S/C17H12N4O3S/c18-9-13-6-15(11-19-10-13)25(23,24)21-17(22)8-12-3-4-14-2-1-5-20-16(14)7-12/h1-7,10-11H,8H2,(H,21,22). The third kappa shape index (κ3) is 3.79. The van der Waals surface area contributed by atoms with Crippen molar-refractivity contribution in [2.45, 2.75) is 11.3 Å². The van der Waals surface area contributed by atoms with Crippen LogP contribution in [0.15, 0.2) is 59.9 Å². The van der Waals surface area contributed by atoms with Gasteiger partial charge in [-0.2, -0.15) is 5.26 Å². The van der Waals surface area contributed by atoms with E-state index in [-0.39, 0.29) is 16.9 Å². The number of hydrogen-bond acceptors (Lipinski definition) is 6. The van der Waals surface area contributed by atoms with Gasteiger partial charge in [-0.3, -0.25) is 14.8 Å². The average molecular weight is 352 g/mol. The van der Waals surface area contributed by atoms with Gasteiger partial charge in [-0.05, 0) is 23.8 Å². The lowest BCUT2D eigenvalue weighted by molar-refractivity contribution is -0.118. The van der Waals surface area contributed by atoms with Crippen molar-refractivity contribution < 1.29 is 13.2 Å². The monoisotopic (exact) mass is 352 g/mol. The summed E-state index contributed by atoms with van der Waals surface area (Å²) < 4.78 is 26.4. The Hall–Kier alpha value is -3.31. The SMILES string of the molecule is N#Cc1cncc(S(=O)(=O)NC(=O)Cc2ccc3cccnc3c2)c1. The fourth-order valence-electron chi connectivity index (χ4n) is 2.28. The Morgan fingerprint density at radius 3 is 2.84 bits per heavy atom. The minimum atomic E-state index is -4.08. The van der Waals surface area contributed by atoms with Crippen molar-refractivity contribution in [1.29, 1.82) is 5.26 Å². The van der Waals surface area contributed by atoms with Crippen molar-refractivity contribution in [1.82, 2.24) is 14.7 Å². The van der Waals surface area contributed by atoms with E-state index in [4.69, 9.17) is 5.26 Å². The molecule has 0 saturated carbocycles. The molecule has 0 radical (unpaired) electrons. The van der Waals surface area contributed by atoms with E-state index in [0.29, 0.717) is 5.56 Å². The van der Waals surface area contributed by atoms with Crippen LogP contribution in [0.4, 0.5) is 0 Å². The van der Waals surface area contributed by atoms with Crippen LogP contribution in [0.25, 0.3) is 10.9 Å². The van der Waals surface area contributed by atoms with Crippen LogP contribution in [0, 0.1) is 11.3 Å². The van der Waals surface area contributed by atoms with Gasteiger partial charge in [0.25, 0.3) is 10.0 Å². The molecular weight excluding hydrogens is 340 g/mol. The molecule has 3 aromatic rings. The maximum absolute atomic E-state index is 12.2. The third-order valence-electron chi connectivity index (χ3n) is 3.44. The molecule has 0 saturated heterocycles. The number of nitrogens with one attached hydrogen (secondary N) is 1. The van der Waals surface area contributed by atoms with Crippen molar-refractivity contribution in [3.63, 3.8) is 0 Å². The number of aromatic nitrogens is 2. The van der Waals surface area contributed by atoms with Gasteiger partial charge in [0.05, 0.1) is 17.5 Å². The number of sulfonamides is 1. The second-order valence-electron chi connectivity index (χ2n) is 5.26. The zero-order chi connectivity index (χ0) is 17.9. The summed E-state index contributed by atoms with van der Waals surface area (Å²) in [6.07, 6.45) is 3.85. The highest BCUT2D eigenvalue weighted by atomic mass is 32.2.